The molecule has 3 N–H and O–H groups in total. The molecule has 0 amide bonds. The molecule has 5 nitrogen and oxygen atoms in total. The van der Waals surface area contributed by atoms with Crippen LogP contribution in [0.15, 0.2) is 16.6 Å². The number of halogens is 1. The van der Waals surface area contributed by atoms with E-state index < -0.39 is 12.0 Å². The Labute approximate surface area is 114 Å². The quantitative estimate of drug-likeness (QED) is 0.841. The number of ether oxygens (including phenoxy) is 2. The SMILES string of the molecule is COc1cc(C(N)CCC(=O)O)c(OC)cc1Br. The zero-order valence-electron chi connectivity index (χ0n) is 10.3. The number of carboxylic acid groups (broad SMARTS) is 1. The first-order valence-corrected chi connectivity index (χ1v) is 6.17. The Morgan fingerprint density at radius 3 is 2.50 bits per heavy atom. The van der Waals surface area contributed by atoms with E-state index in [9.17, 15) is 4.79 Å². The summed E-state index contributed by atoms with van der Waals surface area (Å²) in [6, 6.07) is 3.11. The van der Waals surface area contributed by atoms with E-state index in [-0.39, 0.29) is 6.42 Å². The summed E-state index contributed by atoms with van der Waals surface area (Å²) in [4.78, 5) is 10.5. The van der Waals surface area contributed by atoms with Gasteiger partial charge in [0, 0.05) is 18.0 Å². The highest BCUT2D eigenvalue weighted by atomic mass is 79.9. The minimum Gasteiger partial charge on any atom is -0.496 e. The fourth-order valence-corrected chi connectivity index (χ4v) is 2.09. The van der Waals surface area contributed by atoms with Crippen LogP contribution in [0.2, 0.25) is 0 Å². The summed E-state index contributed by atoms with van der Waals surface area (Å²) in [6.07, 6.45) is 0.360. The molecule has 0 spiro atoms. The number of rotatable bonds is 6. The summed E-state index contributed by atoms with van der Waals surface area (Å²) < 4.78 is 11.2. The van der Waals surface area contributed by atoms with Crippen LogP contribution in [-0.4, -0.2) is 25.3 Å². The van der Waals surface area contributed by atoms with Gasteiger partial charge < -0.3 is 20.3 Å². The Bertz CT molecular complexity index is 436. The summed E-state index contributed by atoms with van der Waals surface area (Å²) in [7, 11) is 3.10. The zero-order valence-corrected chi connectivity index (χ0v) is 11.9. The molecule has 1 aromatic carbocycles. The molecule has 18 heavy (non-hydrogen) atoms. The van der Waals surface area contributed by atoms with Gasteiger partial charge in [-0.05, 0) is 34.5 Å². The molecular weight excluding hydrogens is 302 g/mol. The summed E-state index contributed by atoms with van der Waals surface area (Å²) in [5.74, 6) is 0.380. The van der Waals surface area contributed by atoms with E-state index in [0.717, 1.165) is 10.0 Å². The minimum absolute atomic E-state index is 0.0166. The molecule has 100 valence electrons. The molecule has 6 heteroatoms. The average molecular weight is 318 g/mol. The van der Waals surface area contributed by atoms with E-state index in [1.54, 1.807) is 26.4 Å². The van der Waals surface area contributed by atoms with E-state index >= 15 is 0 Å². The molecule has 0 saturated heterocycles. The third-order valence-electron chi connectivity index (χ3n) is 2.57. The molecule has 0 radical (unpaired) electrons. The number of nitrogens with two attached hydrogens (primary N) is 1. The monoisotopic (exact) mass is 317 g/mol. The Kier molecular flexibility index (Phi) is 5.43. The zero-order chi connectivity index (χ0) is 13.7. The molecule has 0 fully saturated rings. The Morgan fingerprint density at radius 2 is 2.00 bits per heavy atom. The van der Waals surface area contributed by atoms with Gasteiger partial charge in [0.05, 0.1) is 18.7 Å². The first-order valence-electron chi connectivity index (χ1n) is 5.38. The van der Waals surface area contributed by atoms with Crippen LogP contribution in [0.25, 0.3) is 0 Å². The lowest BCUT2D eigenvalue weighted by Gasteiger charge is -2.17. The van der Waals surface area contributed by atoms with Crippen molar-refractivity contribution in [2.75, 3.05) is 14.2 Å². The van der Waals surface area contributed by atoms with Gasteiger partial charge in [0.25, 0.3) is 0 Å². The second-order valence-electron chi connectivity index (χ2n) is 3.77. The first-order chi connectivity index (χ1) is 8.49. The van der Waals surface area contributed by atoms with Crippen molar-refractivity contribution in [2.45, 2.75) is 18.9 Å². The van der Waals surface area contributed by atoms with E-state index in [0.29, 0.717) is 17.9 Å². The topological polar surface area (TPSA) is 81.8 Å². The maximum absolute atomic E-state index is 10.5. The molecule has 1 atom stereocenters. The minimum atomic E-state index is -0.867. The van der Waals surface area contributed by atoms with Crippen molar-refractivity contribution < 1.29 is 19.4 Å². The van der Waals surface area contributed by atoms with Gasteiger partial charge in [-0.2, -0.15) is 0 Å². The van der Waals surface area contributed by atoms with Crippen LogP contribution in [0.3, 0.4) is 0 Å². The second kappa shape index (κ2) is 6.61. The van der Waals surface area contributed by atoms with Crippen molar-refractivity contribution in [3.63, 3.8) is 0 Å². The highest BCUT2D eigenvalue weighted by Crippen LogP contribution is 2.36. The summed E-state index contributed by atoms with van der Waals surface area (Å²) in [5.41, 5.74) is 6.71. The van der Waals surface area contributed by atoms with Gasteiger partial charge in [0.15, 0.2) is 0 Å². The smallest absolute Gasteiger partial charge is 0.303 e. The van der Waals surface area contributed by atoms with Crippen LogP contribution in [0, 0.1) is 0 Å². The van der Waals surface area contributed by atoms with Crippen molar-refractivity contribution in [2.24, 2.45) is 5.73 Å². The van der Waals surface area contributed by atoms with Gasteiger partial charge >= 0.3 is 5.97 Å². The van der Waals surface area contributed by atoms with Crippen LogP contribution in [-0.2, 0) is 4.79 Å². The fourth-order valence-electron chi connectivity index (χ4n) is 1.61. The lowest BCUT2D eigenvalue weighted by atomic mass is 10.0. The van der Waals surface area contributed by atoms with Crippen LogP contribution in [0.1, 0.15) is 24.4 Å². The highest BCUT2D eigenvalue weighted by molar-refractivity contribution is 9.10. The normalized spacial score (nSPS) is 12.0. The van der Waals surface area contributed by atoms with Crippen molar-refractivity contribution in [3.05, 3.63) is 22.2 Å². The largest absolute Gasteiger partial charge is 0.496 e. The third-order valence-corrected chi connectivity index (χ3v) is 3.19. The van der Waals surface area contributed by atoms with Crippen molar-refractivity contribution in [3.8, 4) is 11.5 Å². The number of carboxylic acids is 1. The maximum atomic E-state index is 10.5. The third kappa shape index (κ3) is 3.61. The molecule has 1 unspecified atom stereocenters. The van der Waals surface area contributed by atoms with Crippen LogP contribution < -0.4 is 15.2 Å². The van der Waals surface area contributed by atoms with Gasteiger partial charge in [0.1, 0.15) is 11.5 Å². The maximum Gasteiger partial charge on any atom is 0.303 e. The first kappa shape index (κ1) is 14.8. The number of hydrogen-bond acceptors (Lipinski definition) is 4. The predicted octanol–water partition coefficient (Wildman–Crippen LogP) is 2.33. The molecular formula is C12H16BrNO4. The van der Waals surface area contributed by atoms with Crippen LogP contribution in [0.5, 0.6) is 11.5 Å². The van der Waals surface area contributed by atoms with Crippen molar-refractivity contribution >= 4 is 21.9 Å². The molecule has 0 aliphatic carbocycles. The molecule has 0 aliphatic heterocycles. The van der Waals surface area contributed by atoms with Crippen molar-refractivity contribution in [1.29, 1.82) is 0 Å². The molecule has 0 saturated carbocycles. The molecule has 0 heterocycles. The summed E-state index contributed by atoms with van der Waals surface area (Å²) in [6.45, 7) is 0. The van der Waals surface area contributed by atoms with Gasteiger partial charge in [-0.1, -0.05) is 0 Å². The van der Waals surface area contributed by atoms with Crippen LogP contribution in [0.4, 0.5) is 0 Å². The molecule has 0 bridgehead atoms. The standard InChI is InChI=1S/C12H16BrNO4/c1-17-10-6-8(13)11(18-2)5-7(10)9(14)3-4-12(15)16/h5-6,9H,3-4,14H2,1-2H3,(H,15,16). The van der Waals surface area contributed by atoms with E-state index in [2.05, 4.69) is 15.9 Å². The fraction of sp³-hybridized carbons (Fsp3) is 0.417. The number of hydrogen-bond donors (Lipinski definition) is 2. The Morgan fingerprint density at radius 1 is 1.39 bits per heavy atom. The number of methoxy groups -OCH3 is 2. The number of aliphatic carboxylic acids is 1. The molecule has 0 aromatic heterocycles. The van der Waals surface area contributed by atoms with E-state index in [1.165, 1.54) is 0 Å². The summed E-state index contributed by atoms with van der Waals surface area (Å²) >= 11 is 3.35. The van der Waals surface area contributed by atoms with Gasteiger partial charge in [0.2, 0.25) is 0 Å². The Balaban J connectivity index is 3.01. The van der Waals surface area contributed by atoms with Crippen LogP contribution >= 0.6 is 15.9 Å². The number of carbonyl (C=O) groups is 1. The average Bonchev–Trinajstić information content (AvgIpc) is 2.35. The van der Waals surface area contributed by atoms with Gasteiger partial charge in [-0.3, -0.25) is 4.79 Å². The summed E-state index contributed by atoms with van der Waals surface area (Å²) in [5, 5.41) is 8.66. The van der Waals surface area contributed by atoms with Gasteiger partial charge in [-0.15, -0.1) is 0 Å². The van der Waals surface area contributed by atoms with Crippen molar-refractivity contribution in [1.82, 2.24) is 0 Å². The van der Waals surface area contributed by atoms with Gasteiger partial charge in [-0.25, -0.2) is 0 Å². The second-order valence-corrected chi connectivity index (χ2v) is 4.62. The highest BCUT2D eigenvalue weighted by Gasteiger charge is 2.16. The van der Waals surface area contributed by atoms with E-state index in [1.807, 2.05) is 0 Å². The lowest BCUT2D eigenvalue weighted by Crippen LogP contribution is -2.13. The number of benzene rings is 1. The predicted molar refractivity (Wildman–Crippen MR) is 71.0 cm³/mol. The lowest BCUT2D eigenvalue weighted by molar-refractivity contribution is -0.137. The van der Waals surface area contributed by atoms with E-state index in [4.69, 9.17) is 20.3 Å². The molecule has 1 rings (SSSR count). The Hall–Kier alpha value is -1.27. The molecule has 1 aromatic rings. The molecule has 0 aliphatic rings.